The molecule has 1 aliphatic heterocycles. The van der Waals surface area contributed by atoms with Crippen molar-refractivity contribution in [1.29, 1.82) is 0 Å². The van der Waals surface area contributed by atoms with Crippen LogP contribution in [-0.4, -0.2) is 26.4 Å². The Balaban J connectivity index is 1.20. The van der Waals surface area contributed by atoms with E-state index in [-0.39, 0.29) is 6.79 Å². The highest BCUT2D eigenvalue weighted by molar-refractivity contribution is 5.66. The summed E-state index contributed by atoms with van der Waals surface area (Å²) in [6.45, 7) is 1.70. The minimum atomic E-state index is 0.280. The third-order valence-electron chi connectivity index (χ3n) is 5.40. The Hall–Kier alpha value is -4.37. The normalized spacial score (nSPS) is 12.5. The Labute approximate surface area is 188 Å². The van der Waals surface area contributed by atoms with E-state index >= 15 is 0 Å². The smallest absolute Gasteiger partial charge is 0.255 e. The molecule has 6 rings (SSSR count). The summed E-state index contributed by atoms with van der Waals surface area (Å²) in [5, 5.41) is 7.86. The van der Waals surface area contributed by atoms with Gasteiger partial charge in [0.25, 0.3) is 5.78 Å². The van der Waals surface area contributed by atoms with E-state index in [1.54, 1.807) is 24.5 Å². The van der Waals surface area contributed by atoms with Gasteiger partial charge in [0.2, 0.25) is 12.6 Å². The van der Waals surface area contributed by atoms with Crippen LogP contribution in [0, 0.1) is 0 Å². The van der Waals surface area contributed by atoms with Crippen LogP contribution in [0.25, 0.3) is 28.6 Å². The minimum Gasteiger partial charge on any atom is -0.461 e. The number of nitrogen functional groups attached to an aromatic ring is 1. The summed E-state index contributed by atoms with van der Waals surface area (Å²) >= 11 is 0. The Morgan fingerprint density at radius 3 is 2.67 bits per heavy atom. The Kier molecular flexibility index (Phi) is 4.66. The molecule has 164 valence electrons. The van der Waals surface area contributed by atoms with Crippen LogP contribution in [0.15, 0.2) is 71.3 Å². The van der Waals surface area contributed by atoms with Crippen molar-refractivity contribution in [2.45, 2.75) is 13.1 Å². The van der Waals surface area contributed by atoms with E-state index in [1.165, 1.54) is 4.52 Å². The van der Waals surface area contributed by atoms with Crippen LogP contribution in [0.1, 0.15) is 11.1 Å². The summed E-state index contributed by atoms with van der Waals surface area (Å²) in [5.74, 6) is 3.46. The molecule has 4 heterocycles. The van der Waals surface area contributed by atoms with Crippen LogP contribution in [0.4, 0.5) is 5.82 Å². The lowest BCUT2D eigenvalue weighted by Gasteiger charge is -2.08. The molecule has 0 saturated carbocycles. The van der Waals surface area contributed by atoms with Crippen molar-refractivity contribution < 1.29 is 13.9 Å². The van der Waals surface area contributed by atoms with Crippen molar-refractivity contribution in [3.05, 3.63) is 78.1 Å². The number of fused-ring (bicyclic) bond motifs is 2. The van der Waals surface area contributed by atoms with Crippen molar-refractivity contribution in [2.75, 3.05) is 12.5 Å². The van der Waals surface area contributed by atoms with Crippen molar-refractivity contribution in [2.24, 2.45) is 0 Å². The molecule has 0 amide bonds. The molecule has 1 aliphatic rings. The zero-order valence-corrected chi connectivity index (χ0v) is 17.6. The molecule has 9 heteroatoms. The molecule has 0 atom stereocenters. The van der Waals surface area contributed by atoms with Crippen molar-refractivity contribution in [3.8, 4) is 34.3 Å². The SMILES string of the molecule is Nc1cc(-c2cccc(CNCc3ccc4c(c3)OCO4)c2)nc2nc(-c3ccco3)nn12. The molecule has 33 heavy (non-hydrogen) atoms. The van der Waals surface area contributed by atoms with E-state index in [2.05, 4.69) is 32.5 Å². The van der Waals surface area contributed by atoms with Crippen molar-refractivity contribution in [1.82, 2.24) is 24.9 Å². The van der Waals surface area contributed by atoms with E-state index in [1.807, 2.05) is 30.3 Å². The number of benzene rings is 2. The highest BCUT2D eigenvalue weighted by Crippen LogP contribution is 2.32. The summed E-state index contributed by atoms with van der Waals surface area (Å²) in [5.41, 5.74) is 10.2. The fourth-order valence-corrected chi connectivity index (χ4v) is 3.79. The number of nitrogens with two attached hydrogens (primary N) is 1. The largest absolute Gasteiger partial charge is 0.461 e. The second-order valence-electron chi connectivity index (χ2n) is 7.68. The lowest BCUT2D eigenvalue weighted by atomic mass is 10.1. The van der Waals surface area contributed by atoms with Crippen molar-refractivity contribution in [3.63, 3.8) is 0 Å². The van der Waals surface area contributed by atoms with Gasteiger partial charge in [0.05, 0.1) is 12.0 Å². The van der Waals surface area contributed by atoms with E-state index in [0.29, 0.717) is 36.3 Å². The maximum atomic E-state index is 6.24. The van der Waals surface area contributed by atoms with Gasteiger partial charge < -0.3 is 24.9 Å². The Morgan fingerprint density at radius 2 is 1.79 bits per heavy atom. The number of hydrogen-bond acceptors (Lipinski definition) is 8. The summed E-state index contributed by atoms with van der Waals surface area (Å²) in [6.07, 6.45) is 1.58. The zero-order chi connectivity index (χ0) is 22.2. The molecule has 2 aromatic carbocycles. The summed E-state index contributed by atoms with van der Waals surface area (Å²) in [4.78, 5) is 9.13. The van der Waals surface area contributed by atoms with Crippen LogP contribution in [0.2, 0.25) is 0 Å². The summed E-state index contributed by atoms with van der Waals surface area (Å²) < 4.78 is 17.7. The van der Waals surface area contributed by atoms with Gasteiger partial charge in [-0.25, -0.2) is 4.98 Å². The third kappa shape index (κ3) is 3.74. The van der Waals surface area contributed by atoms with Gasteiger partial charge in [-0.2, -0.15) is 9.50 Å². The predicted molar refractivity (Wildman–Crippen MR) is 121 cm³/mol. The van der Waals surface area contributed by atoms with Gasteiger partial charge in [0.1, 0.15) is 5.82 Å². The fraction of sp³-hybridized carbons (Fsp3) is 0.125. The molecule has 0 aliphatic carbocycles. The second kappa shape index (κ2) is 7.95. The lowest BCUT2D eigenvalue weighted by molar-refractivity contribution is 0.174. The first-order chi connectivity index (χ1) is 16.2. The molecule has 0 bridgehead atoms. The van der Waals surface area contributed by atoms with E-state index in [4.69, 9.17) is 19.6 Å². The number of furan rings is 1. The standard InChI is InChI=1S/C24H20N6O3/c25-22-11-18(27-24-28-23(29-30(22)24)20-5-2-8-31-20)17-4-1-3-15(9-17)12-26-13-16-6-7-19-21(10-16)33-14-32-19/h1-11,26H,12-14,25H2. The molecule has 9 nitrogen and oxygen atoms in total. The predicted octanol–water partition coefficient (Wildman–Crippen LogP) is 3.65. The molecular weight excluding hydrogens is 420 g/mol. The topological polar surface area (TPSA) is 113 Å². The molecule has 0 fully saturated rings. The maximum absolute atomic E-state index is 6.24. The van der Waals surface area contributed by atoms with E-state index in [0.717, 1.165) is 33.9 Å². The highest BCUT2D eigenvalue weighted by Gasteiger charge is 2.14. The van der Waals surface area contributed by atoms with Gasteiger partial charge in [-0.15, -0.1) is 5.10 Å². The molecular formula is C24H20N6O3. The highest BCUT2D eigenvalue weighted by atomic mass is 16.7. The number of nitrogens with zero attached hydrogens (tertiary/aromatic N) is 4. The molecule has 5 aromatic rings. The molecule has 0 unspecified atom stereocenters. The second-order valence-corrected chi connectivity index (χ2v) is 7.68. The van der Waals surface area contributed by atoms with Gasteiger partial charge in [0, 0.05) is 24.7 Å². The molecule has 3 aromatic heterocycles. The van der Waals surface area contributed by atoms with Gasteiger partial charge in [0.15, 0.2) is 17.3 Å². The van der Waals surface area contributed by atoms with E-state index in [9.17, 15) is 0 Å². The summed E-state index contributed by atoms with van der Waals surface area (Å²) in [6, 6.07) is 19.5. The number of aromatic nitrogens is 4. The van der Waals surface area contributed by atoms with Crippen LogP contribution in [-0.2, 0) is 13.1 Å². The number of ether oxygens (including phenoxy) is 2. The van der Waals surface area contributed by atoms with Crippen molar-refractivity contribution >= 4 is 11.6 Å². The Morgan fingerprint density at radius 1 is 0.909 bits per heavy atom. The van der Waals surface area contributed by atoms with Crippen LogP contribution in [0.3, 0.4) is 0 Å². The quantitative estimate of drug-likeness (QED) is 0.411. The first-order valence-electron chi connectivity index (χ1n) is 10.5. The average molecular weight is 440 g/mol. The number of nitrogens with one attached hydrogen (secondary N) is 1. The first kappa shape index (κ1) is 19.3. The van der Waals surface area contributed by atoms with Crippen LogP contribution in [0.5, 0.6) is 11.5 Å². The molecule has 0 spiro atoms. The van der Waals surface area contributed by atoms with E-state index < -0.39 is 0 Å². The molecule has 3 N–H and O–H groups in total. The third-order valence-corrected chi connectivity index (χ3v) is 5.40. The summed E-state index contributed by atoms with van der Waals surface area (Å²) in [7, 11) is 0. The number of rotatable bonds is 6. The Bertz CT molecular complexity index is 1440. The average Bonchev–Trinajstić information content (AvgIpc) is 3.59. The molecule has 0 radical (unpaired) electrons. The van der Waals surface area contributed by atoms with Gasteiger partial charge in [-0.05, 0) is 41.5 Å². The van der Waals surface area contributed by atoms with Crippen LogP contribution < -0.4 is 20.5 Å². The first-order valence-corrected chi connectivity index (χ1v) is 10.5. The van der Waals surface area contributed by atoms with Gasteiger partial charge in [-0.3, -0.25) is 0 Å². The number of anilines is 1. The minimum absolute atomic E-state index is 0.280. The fourth-order valence-electron chi connectivity index (χ4n) is 3.79. The monoisotopic (exact) mass is 440 g/mol. The zero-order valence-electron chi connectivity index (χ0n) is 17.6. The molecule has 0 saturated heterocycles. The van der Waals surface area contributed by atoms with Gasteiger partial charge in [-0.1, -0.05) is 24.3 Å². The van der Waals surface area contributed by atoms with Gasteiger partial charge >= 0.3 is 0 Å². The van der Waals surface area contributed by atoms with Crippen LogP contribution >= 0.6 is 0 Å². The maximum Gasteiger partial charge on any atom is 0.255 e. The lowest BCUT2D eigenvalue weighted by Crippen LogP contribution is -2.12. The number of hydrogen-bond donors (Lipinski definition) is 2.